The molecule has 4 aromatic rings. The van der Waals surface area contributed by atoms with E-state index in [4.69, 9.17) is 4.74 Å². The largest absolute Gasteiger partial charge is 0.444 e. The van der Waals surface area contributed by atoms with Crippen LogP contribution in [0.5, 0.6) is 0 Å². The minimum absolute atomic E-state index is 0.153. The average molecular weight is 519 g/mol. The first-order chi connectivity index (χ1) is 17.8. The molecule has 1 unspecified atom stereocenters. The van der Waals surface area contributed by atoms with Crippen LogP contribution in [0.15, 0.2) is 48.4 Å². The van der Waals surface area contributed by atoms with Crippen molar-refractivity contribution in [1.29, 1.82) is 0 Å². The summed E-state index contributed by atoms with van der Waals surface area (Å²) in [6.07, 6.45) is 6.14. The number of alkyl carbamates (subject to hydrolysis) is 1. The zero-order chi connectivity index (χ0) is 26.0. The Labute approximate surface area is 219 Å². The van der Waals surface area contributed by atoms with Gasteiger partial charge in [0.25, 0.3) is 5.91 Å². The van der Waals surface area contributed by atoms with Gasteiger partial charge in [0.2, 0.25) is 0 Å². The van der Waals surface area contributed by atoms with Crippen molar-refractivity contribution in [2.45, 2.75) is 45.3 Å². The van der Waals surface area contributed by atoms with E-state index >= 15 is 0 Å². The highest BCUT2D eigenvalue weighted by Gasteiger charge is 2.31. The number of nitrogens with zero attached hydrogens (tertiary/aromatic N) is 3. The molecule has 0 spiro atoms. The molecule has 9 nitrogen and oxygen atoms in total. The van der Waals surface area contributed by atoms with Gasteiger partial charge in [0.05, 0.1) is 27.3 Å². The molecule has 4 heterocycles. The molecule has 0 radical (unpaired) electrons. The predicted molar refractivity (Wildman–Crippen MR) is 145 cm³/mol. The van der Waals surface area contributed by atoms with Crippen molar-refractivity contribution in [2.24, 2.45) is 5.92 Å². The molecular weight excluding hydrogens is 488 g/mol. The molecule has 1 atom stereocenters. The second kappa shape index (κ2) is 10.4. The van der Waals surface area contributed by atoms with Crippen LogP contribution in [0.3, 0.4) is 0 Å². The Hall–Kier alpha value is -3.63. The maximum atomic E-state index is 13.5. The SMILES string of the molecule is CC(C)(C)OC(=O)NC(c1cc2ncccc2cc1NC(=O)c1csc2cncnc12)C1CCNCC1. The van der Waals surface area contributed by atoms with Gasteiger partial charge in [0.15, 0.2) is 0 Å². The van der Waals surface area contributed by atoms with Gasteiger partial charge >= 0.3 is 6.09 Å². The van der Waals surface area contributed by atoms with Crippen molar-refractivity contribution < 1.29 is 14.3 Å². The summed E-state index contributed by atoms with van der Waals surface area (Å²) >= 11 is 1.43. The molecule has 1 aromatic carbocycles. The lowest BCUT2D eigenvalue weighted by molar-refractivity contribution is 0.0477. The Kier molecular flexibility index (Phi) is 7.03. The summed E-state index contributed by atoms with van der Waals surface area (Å²) in [6, 6.07) is 7.32. The van der Waals surface area contributed by atoms with Crippen LogP contribution in [-0.4, -0.2) is 45.6 Å². The zero-order valence-corrected chi connectivity index (χ0v) is 21.9. The standard InChI is InChI=1S/C27H30N6O3S/c1-27(2,3)36-26(35)33-23(16-6-9-28-10-7-16)18-12-20-17(5-4-8-30-20)11-21(18)32-25(34)19-14-37-22-13-29-15-31-24(19)22/h4-5,8,11-16,23,28H,6-7,9-10H2,1-3H3,(H,32,34)(H,33,35). The molecular formula is C27H30N6O3S. The fourth-order valence-corrected chi connectivity index (χ4v) is 5.56. The van der Waals surface area contributed by atoms with Gasteiger partial charge in [-0.05, 0) is 70.8 Å². The van der Waals surface area contributed by atoms with Crippen molar-refractivity contribution in [3.8, 4) is 0 Å². The van der Waals surface area contributed by atoms with Crippen molar-refractivity contribution in [3.63, 3.8) is 0 Å². The number of nitrogens with one attached hydrogen (secondary N) is 3. The van der Waals surface area contributed by atoms with Gasteiger partial charge in [-0.1, -0.05) is 6.07 Å². The number of pyridine rings is 1. The molecule has 37 heavy (non-hydrogen) atoms. The number of thiophene rings is 1. The Bertz CT molecular complexity index is 1440. The summed E-state index contributed by atoms with van der Waals surface area (Å²) in [5, 5.41) is 12.3. The molecule has 5 rings (SSSR count). The topological polar surface area (TPSA) is 118 Å². The molecule has 192 valence electrons. The minimum atomic E-state index is -0.632. The Balaban J connectivity index is 1.56. The summed E-state index contributed by atoms with van der Waals surface area (Å²) < 4.78 is 6.46. The number of aromatic nitrogens is 3. The van der Waals surface area contributed by atoms with Gasteiger partial charge in [-0.3, -0.25) is 9.78 Å². The lowest BCUT2D eigenvalue weighted by Crippen LogP contribution is -2.41. The molecule has 3 aromatic heterocycles. The number of anilines is 1. The molecule has 10 heteroatoms. The molecule has 1 fully saturated rings. The number of carbonyl (C=O) groups is 2. The van der Waals surface area contributed by atoms with Crippen LogP contribution in [0.4, 0.5) is 10.5 Å². The van der Waals surface area contributed by atoms with Gasteiger partial charge in [-0.25, -0.2) is 14.8 Å². The van der Waals surface area contributed by atoms with Crippen LogP contribution in [0.25, 0.3) is 21.1 Å². The quantitative estimate of drug-likeness (QED) is 0.338. The highest BCUT2D eigenvalue weighted by molar-refractivity contribution is 7.17. The summed E-state index contributed by atoms with van der Waals surface area (Å²) in [5.74, 6) is -0.115. The third-order valence-corrected chi connectivity index (χ3v) is 7.27. The molecule has 3 N–H and O–H groups in total. The fraction of sp³-hybridized carbons (Fsp3) is 0.370. The van der Waals surface area contributed by atoms with Crippen LogP contribution in [0, 0.1) is 5.92 Å². The molecule has 0 bridgehead atoms. The lowest BCUT2D eigenvalue weighted by atomic mass is 9.84. The molecule has 0 saturated carbocycles. The van der Waals surface area contributed by atoms with Crippen LogP contribution < -0.4 is 16.0 Å². The van der Waals surface area contributed by atoms with E-state index in [1.807, 2.05) is 45.0 Å². The first-order valence-electron chi connectivity index (χ1n) is 12.4. The minimum Gasteiger partial charge on any atom is -0.444 e. The van der Waals surface area contributed by atoms with Crippen molar-refractivity contribution in [1.82, 2.24) is 25.6 Å². The number of amides is 2. The number of fused-ring (bicyclic) bond motifs is 2. The molecule has 0 aliphatic carbocycles. The van der Waals surface area contributed by atoms with Gasteiger partial charge in [-0.2, -0.15) is 0 Å². The van der Waals surface area contributed by atoms with E-state index in [-0.39, 0.29) is 17.9 Å². The van der Waals surface area contributed by atoms with E-state index in [1.165, 1.54) is 17.7 Å². The maximum absolute atomic E-state index is 13.5. The van der Waals surface area contributed by atoms with Gasteiger partial charge < -0.3 is 20.7 Å². The fourth-order valence-electron chi connectivity index (χ4n) is 4.70. The normalized spacial score (nSPS) is 15.4. The highest BCUT2D eigenvalue weighted by atomic mass is 32.1. The molecule has 1 aliphatic heterocycles. The van der Waals surface area contributed by atoms with Crippen molar-refractivity contribution in [2.75, 3.05) is 18.4 Å². The summed E-state index contributed by atoms with van der Waals surface area (Å²) in [4.78, 5) is 39.3. The second-order valence-electron chi connectivity index (χ2n) is 10.2. The van der Waals surface area contributed by atoms with E-state index in [1.54, 1.807) is 17.8 Å². The number of hydrogen-bond acceptors (Lipinski definition) is 8. The first-order valence-corrected chi connectivity index (χ1v) is 13.2. The number of carbonyl (C=O) groups excluding carboxylic acids is 2. The van der Waals surface area contributed by atoms with Gasteiger partial charge in [0, 0.05) is 34.4 Å². The number of benzene rings is 1. The summed E-state index contributed by atoms with van der Waals surface area (Å²) in [5.41, 5.74) is 2.67. The monoisotopic (exact) mass is 518 g/mol. The average Bonchev–Trinajstić information content (AvgIpc) is 3.31. The third-order valence-electron chi connectivity index (χ3n) is 6.37. The van der Waals surface area contributed by atoms with E-state index < -0.39 is 11.7 Å². The van der Waals surface area contributed by atoms with Crippen molar-refractivity contribution >= 4 is 50.1 Å². The van der Waals surface area contributed by atoms with Gasteiger partial charge in [-0.15, -0.1) is 11.3 Å². The number of ether oxygens (including phenoxy) is 1. The van der Waals surface area contributed by atoms with E-state index in [0.29, 0.717) is 16.8 Å². The number of piperidine rings is 1. The first kappa shape index (κ1) is 25.0. The lowest BCUT2D eigenvalue weighted by Gasteiger charge is -2.33. The van der Waals surface area contributed by atoms with Crippen LogP contribution in [0.1, 0.15) is 55.6 Å². The maximum Gasteiger partial charge on any atom is 0.408 e. The van der Waals surface area contributed by atoms with E-state index in [0.717, 1.165) is 47.1 Å². The predicted octanol–water partition coefficient (Wildman–Crippen LogP) is 5.06. The van der Waals surface area contributed by atoms with Crippen molar-refractivity contribution in [3.05, 3.63) is 59.5 Å². The summed E-state index contributed by atoms with van der Waals surface area (Å²) in [7, 11) is 0. The third kappa shape index (κ3) is 5.70. The Morgan fingerprint density at radius 2 is 2.00 bits per heavy atom. The highest BCUT2D eigenvalue weighted by Crippen LogP contribution is 2.36. The smallest absolute Gasteiger partial charge is 0.408 e. The number of rotatable bonds is 5. The van der Waals surface area contributed by atoms with Crippen LogP contribution in [-0.2, 0) is 4.74 Å². The number of hydrogen-bond donors (Lipinski definition) is 3. The Morgan fingerprint density at radius 1 is 1.19 bits per heavy atom. The molecule has 1 aliphatic rings. The van der Waals surface area contributed by atoms with Crippen LogP contribution >= 0.6 is 11.3 Å². The van der Waals surface area contributed by atoms with Gasteiger partial charge in [0.1, 0.15) is 11.9 Å². The Morgan fingerprint density at radius 3 is 2.78 bits per heavy atom. The van der Waals surface area contributed by atoms with E-state index in [9.17, 15) is 9.59 Å². The van der Waals surface area contributed by atoms with Crippen LogP contribution in [0.2, 0.25) is 0 Å². The molecule has 2 amide bonds. The zero-order valence-electron chi connectivity index (χ0n) is 21.1. The molecule has 1 saturated heterocycles. The second-order valence-corrected chi connectivity index (χ2v) is 11.1. The van der Waals surface area contributed by atoms with E-state index in [2.05, 4.69) is 30.9 Å². The summed E-state index contributed by atoms with van der Waals surface area (Å²) in [6.45, 7) is 7.22.